The van der Waals surface area contributed by atoms with Crippen LogP contribution in [-0.2, 0) is 4.79 Å². The average Bonchev–Trinajstić information content (AvgIpc) is 2.60. The average molecular weight is 190 g/mol. The Hall–Kier alpha value is -1.91. The molecule has 0 aliphatic rings. The first kappa shape index (κ1) is 8.68. The summed E-state index contributed by atoms with van der Waals surface area (Å²) in [6, 6.07) is 6.97. The molecule has 0 fully saturated rings. The Kier molecular flexibility index (Phi) is 1.92. The van der Waals surface area contributed by atoms with Gasteiger partial charge in [0.15, 0.2) is 0 Å². The number of primary amides is 1. The molecule has 0 saturated carbocycles. The molecule has 2 N–H and O–H groups in total. The number of benzene rings is 1. The van der Waals surface area contributed by atoms with Gasteiger partial charge in [0.2, 0.25) is 5.91 Å². The summed E-state index contributed by atoms with van der Waals surface area (Å²) < 4.78 is 1.53. The fourth-order valence-electron chi connectivity index (χ4n) is 1.29. The van der Waals surface area contributed by atoms with Crippen molar-refractivity contribution in [1.82, 2.24) is 15.0 Å². The van der Waals surface area contributed by atoms with Gasteiger partial charge in [0.1, 0.15) is 11.6 Å². The highest BCUT2D eigenvalue weighted by atomic mass is 16.1. The summed E-state index contributed by atoms with van der Waals surface area (Å²) in [5.41, 5.74) is 6.77. The summed E-state index contributed by atoms with van der Waals surface area (Å²) in [6.07, 6.45) is 0. The Bertz CT molecular complexity index is 476. The van der Waals surface area contributed by atoms with E-state index in [0.29, 0.717) is 0 Å². The molecule has 2 aromatic rings. The van der Waals surface area contributed by atoms with Crippen molar-refractivity contribution in [3.63, 3.8) is 0 Å². The Morgan fingerprint density at radius 1 is 1.50 bits per heavy atom. The molecule has 0 aliphatic heterocycles. The lowest BCUT2D eigenvalue weighted by Crippen LogP contribution is -2.24. The van der Waals surface area contributed by atoms with Gasteiger partial charge in [-0.05, 0) is 19.1 Å². The van der Waals surface area contributed by atoms with Gasteiger partial charge < -0.3 is 5.73 Å². The fraction of sp³-hybridized carbons (Fsp3) is 0.222. The number of nitrogens with two attached hydrogens (primary N) is 1. The van der Waals surface area contributed by atoms with Gasteiger partial charge in [-0.2, -0.15) is 0 Å². The van der Waals surface area contributed by atoms with Gasteiger partial charge in [-0.25, -0.2) is 4.68 Å². The molecular weight excluding hydrogens is 180 g/mol. The molecule has 0 aliphatic carbocycles. The predicted octanol–water partition coefficient (Wildman–Crippen LogP) is 0.478. The highest BCUT2D eigenvalue weighted by Gasteiger charge is 2.14. The van der Waals surface area contributed by atoms with Crippen LogP contribution in [0.5, 0.6) is 0 Å². The number of nitrogens with zero attached hydrogens (tertiary/aromatic N) is 3. The van der Waals surface area contributed by atoms with Gasteiger partial charge in [-0.3, -0.25) is 4.79 Å². The summed E-state index contributed by atoms with van der Waals surface area (Å²) >= 11 is 0. The van der Waals surface area contributed by atoms with E-state index in [1.165, 1.54) is 4.68 Å². The molecule has 72 valence electrons. The number of hydrogen-bond donors (Lipinski definition) is 1. The van der Waals surface area contributed by atoms with Crippen LogP contribution in [0.25, 0.3) is 11.0 Å². The second-order valence-electron chi connectivity index (χ2n) is 3.10. The molecule has 0 unspecified atom stereocenters. The van der Waals surface area contributed by atoms with Gasteiger partial charge in [-0.15, -0.1) is 5.10 Å². The standard InChI is InChI=1S/C9H10N4O/c1-6(9(10)14)13-8-5-3-2-4-7(8)11-12-13/h2-6H,1H3,(H2,10,14)/t6-/m1/s1. The van der Waals surface area contributed by atoms with Crippen LogP contribution in [0.4, 0.5) is 0 Å². The molecule has 0 saturated heterocycles. The molecule has 1 atom stereocenters. The van der Waals surface area contributed by atoms with Gasteiger partial charge in [0, 0.05) is 0 Å². The lowest BCUT2D eigenvalue weighted by molar-refractivity contribution is -0.120. The third kappa shape index (κ3) is 1.22. The third-order valence-corrected chi connectivity index (χ3v) is 2.16. The van der Waals surface area contributed by atoms with Crippen LogP contribution in [0.1, 0.15) is 13.0 Å². The Morgan fingerprint density at radius 2 is 2.21 bits per heavy atom. The van der Waals surface area contributed by atoms with Gasteiger partial charge in [0.25, 0.3) is 0 Å². The minimum Gasteiger partial charge on any atom is -0.368 e. The van der Waals surface area contributed by atoms with Crippen LogP contribution in [0, 0.1) is 0 Å². The fourth-order valence-corrected chi connectivity index (χ4v) is 1.29. The first-order chi connectivity index (χ1) is 6.70. The van der Waals surface area contributed by atoms with Crippen LogP contribution in [-0.4, -0.2) is 20.9 Å². The lowest BCUT2D eigenvalue weighted by atomic mass is 10.3. The van der Waals surface area contributed by atoms with E-state index >= 15 is 0 Å². The Labute approximate surface area is 80.5 Å². The summed E-state index contributed by atoms with van der Waals surface area (Å²) in [6.45, 7) is 1.70. The molecule has 1 aromatic heterocycles. The maximum atomic E-state index is 11.0. The largest absolute Gasteiger partial charge is 0.368 e. The second-order valence-corrected chi connectivity index (χ2v) is 3.10. The van der Waals surface area contributed by atoms with Gasteiger partial charge in [0.05, 0.1) is 5.52 Å². The molecular formula is C9H10N4O. The van der Waals surface area contributed by atoms with E-state index < -0.39 is 11.9 Å². The maximum Gasteiger partial charge on any atom is 0.242 e. The molecule has 5 heteroatoms. The van der Waals surface area contributed by atoms with Crippen molar-refractivity contribution >= 4 is 16.9 Å². The van der Waals surface area contributed by atoms with Crippen molar-refractivity contribution in [2.24, 2.45) is 5.73 Å². The van der Waals surface area contributed by atoms with Crippen LogP contribution in [0.3, 0.4) is 0 Å². The van der Waals surface area contributed by atoms with Gasteiger partial charge >= 0.3 is 0 Å². The van der Waals surface area contributed by atoms with Crippen LogP contribution < -0.4 is 5.73 Å². The van der Waals surface area contributed by atoms with Crippen molar-refractivity contribution in [1.29, 1.82) is 0 Å². The van der Waals surface area contributed by atoms with Crippen molar-refractivity contribution in [2.75, 3.05) is 0 Å². The van der Waals surface area contributed by atoms with E-state index in [-0.39, 0.29) is 0 Å². The summed E-state index contributed by atoms with van der Waals surface area (Å²) in [5, 5.41) is 7.81. The molecule has 0 bridgehead atoms. The molecule has 0 spiro atoms. The van der Waals surface area contributed by atoms with Crippen molar-refractivity contribution < 1.29 is 4.79 Å². The first-order valence-corrected chi connectivity index (χ1v) is 4.29. The number of carbonyl (C=O) groups is 1. The zero-order valence-electron chi connectivity index (χ0n) is 7.71. The second kappa shape index (κ2) is 3.10. The van der Waals surface area contributed by atoms with Crippen molar-refractivity contribution in [3.05, 3.63) is 24.3 Å². The lowest BCUT2D eigenvalue weighted by Gasteiger charge is -2.06. The van der Waals surface area contributed by atoms with Crippen LogP contribution >= 0.6 is 0 Å². The minimum atomic E-state index is -0.470. The summed E-state index contributed by atoms with van der Waals surface area (Å²) in [5.74, 6) is -0.416. The smallest absolute Gasteiger partial charge is 0.242 e. The summed E-state index contributed by atoms with van der Waals surface area (Å²) in [7, 11) is 0. The quantitative estimate of drug-likeness (QED) is 0.748. The zero-order chi connectivity index (χ0) is 10.1. The van der Waals surface area contributed by atoms with Gasteiger partial charge in [-0.1, -0.05) is 17.3 Å². The third-order valence-electron chi connectivity index (χ3n) is 2.16. The first-order valence-electron chi connectivity index (χ1n) is 4.29. The van der Waals surface area contributed by atoms with Crippen LogP contribution in [0.15, 0.2) is 24.3 Å². The number of aromatic nitrogens is 3. The number of hydrogen-bond acceptors (Lipinski definition) is 3. The summed E-state index contributed by atoms with van der Waals surface area (Å²) in [4.78, 5) is 11.0. The number of fused-ring (bicyclic) bond motifs is 1. The zero-order valence-corrected chi connectivity index (χ0v) is 7.71. The molecule has 14 heavy (non-hydrogen) atoms. The van der Waals surface area contributed by atoms with E-state index in [0.717, 1.165) is 11.0 Å². The molecule has 5 nitrogen and oxygen atoms in total. The minimum absolute atomic E-state index is 0.416. The normalized spacial score (nSPS) is 12.9. The Morgan fingerprint density at radius 3 is 2.93 bits per heavy atom. The molecule has 2 rings (SSSR count). The highest BCUT2D eigenvalue weighted by Crippen LogP contribution is 2.14. The molecule has 1 amide bonds. The van der Waals surface area contributed by atoms with E-state index in [9.17, 15) is 4.79 Å². The SMILES string of the molecule is C[C@H](C(N)=O)n1nnc2ccccc21. The van der Waals surface area contributed by atoms with E-state index in [2.05, 4.69) is 10.3 Å². The maximum absolute atomic E-state index is 11.0. The number of carbonyl (C=O) groups excluding carboxylic acids is 1. The number of rotatable bonds is 2. The van der Waals surface area contributed by atoms with Crippen LogP contribution in [0.2, 0.25) is 0 Å². The Balaban J connectivity index is 2.58. The molecule has 1 aromatic carbocycles. The molecule has 1 heterocycles. The molecule has 0 radical (unpaired) electrons. The van der Waals surface area contributed by atoms with E-state index in [1.54, 1.807) is 6.92 Å². The predicted molar refractivity (Wildman–Crippen MR) is 51.4 cm³/mol. The number of para-hydroxylation sites is 1. The highest BCUT2D eigenvalue weighted by molar-refractivity contribution is 5.81. The monoisotopic (exact) mass is 190 g/mol. The van der Waals surface area contributed by atoms with Crippen molar-refractivity contribution in [2.45, 2.75) is 13.0 Å². The number of amides is 1. The van der Waals surface area contributed by atoms with E-state index in [4.69, 9.17) is 5.73 Å². The van der Waals surface area contributed by atoms with E-state index in [1.807, 2.05) is 24.3 Å². The topological polar surface area (TPSA) is 73.8 Å². The van der Waals surface area contributed by atoms with Crippen molar-refractivity contribution in [3.8, 4) is 0 Å².